The summed E-state index contributed by atoms with van der Waals surface area (Å²) >= 11 is 0. The van der Waals surface area contributed by atoms with Gasteiger partial charge in [0.1, 0.15) is 11.3 Å². The molecular weight excluding hydrogens is 350 g/mol. The van der Waals surface area contributed by atoms with Gasteiger partial charge in [-0.15, -0.1) is 0 Å². The van der Waals surface area contributed by atoms with Crippen LogP contribution in [0.3, 0.4) is 0 Å². The van der Waals surface area contributed by atoms with Gasteiger partial charge in [-0.1, -0.05) is 36.4 Å². The number of rotatable bonds is 6. The number of hydrogen-bond acceptors (Lipinski definition) is 4. The van der Waals surface area contributed by atoms with E-state index in [0.29, 0.717) is 12.2 Å². The summed E-state index contributed by atoms with van der Waals surface area (Å²) in [5, 5.41) is 0.946. The lowest BCUT2D eigenvalue weighted by atomic mass is 9.99. The molecule has 0 atom stereocenters. The van der Waals surface area contributed by atoms with E-state index >= 15 is 0 Å². The molecule has 3 aromatic rings. The lowest BCUT2D eigenvalue weighted by molar-refractivity contribution is 0.248. The van der Waals surface area contributed by atoms with Crippen LogP contribution in [-0.2, 0) is 0 Å². The fourth-order valence-corrected chi connectivity index (χ4v) is 3.70. The van der Waals surface area contributed by atoms with E-state index < -0.39 is 0 Å². The molecule has 0 radical (unpaired) electrons. The van der Waals surface area contributed by atoms with Crippen LogP contribution in [0, 0.1) is 6.92 Å². The highest BCUT2D eigenvalue weighted by Crippen LogP contribution is 2.23. The molecule has 4 nitrogen and oxygen atoms in total. The number of benzene rings is 2. The van der Waals surface area contributed by atoms with Crippen molar-refractivity contribution in [1.82, 2.24) is 4.90 Å². The molecule has 0 amide bonds. The van der Waals surface area contributed by atoms with Crippen LogP contribution >= 0.6 is 0 Å². The third kappa shape index (κ3) is 4.34. The van der Waals surface area contributed by atoms with Crippen LogP contribution in [0.4, 0.5) is 0 Å². The van der Waals surface area contributed by atoms with Crippen molar-refractivity contribution < 1.29 is 9.15 Å². The van der Waals surface area contributed by atoms with Gasteiger partial charge in [0.2, 0.25) is 0 Å². The Hall–Kier alpha value is -2.85. The average molecular weight is 375 g/mol. The summed E-state index contributed by atoms with van der Waals surface area (Å²) in [7, 11) is 0. The standard InChI is InChI=1S/C24H25NO3/c1-18-16-24(26)28-23-17-21(8-9-22(18)23)27-15-5-12-25-13-10-20(11-14-25)19-6-3-2-4-7-19/h2-4,6-10,16-17H,5,11-15H2,1H3. The van der Waals surface area contributed by atoms with Crippen molar-refractivity contribution in [2.75, 3.05) is 26.2 Å². The Morgan fingerprint density at radius 1 is 1.11 bits per heavy atom. The number of fused-ring (bicyclic) bond motifs is 1. The van der Waals surface area contributed by atoms with Crippen molar-refractivity contribution in [3.8, 4) is 5.75 Å². The second kappa shape index (κ2) is 8.44. The molecule has 0 unspecified atom stereocenters. The molecule has 0 saturated heterocycles. The fourth-order valence-electron chi connectivity index (χ4n) is 3.70. The minimum absolute atomic E-state index is 0.324. The predicted molar refractivity (Wildman–Crippen MR) is 113 cm³/mol. The van der Waals surface area contributed by atoms with E-state index in [4.69, 9.17) is 9.15 Å². The first-order chi connectivity index (χ1) is 13.7. The summed E-state index contributed by atoms with van der Waals surface area (Å²) in [6.45, 7) is 5.65. The molecule has 4 rings (SSSR count). The molecule has 1 aliphatic heterocycles. The molecule has 2 aromatic carbocycles. The highest BCUT2D eigenvalue weighted by molar-refractivity contribution is 5.81. The Balaban J connectivity index is 1.27. The summed E-state index contributed by atoms with van der Waals surface area (Å²) in [6, 6.07) is 17.8. The quantitative estimate of drug-likeness (QED) is 0.464. The van der Waals surface area contributed by atoms with Crippen LogP contribution in [-0.4, -0.2) is 31.1 Å². The van der Waals surface area contributed by atoms with Crippen LogP contribution in [0.15, 0.2) is 69.9 Å². The summed E-state index contributed by atoms with van der Waals surface area (Å²) in [5.74, 6) is 0.742. The Morgan fingerprint density at radius 2 is 1.96 bits per heavy atom. The Bertz CT molecular complexity index is 1040. The third-order valence-electron chi connectivity index (χ3n) is 5.25. The van der Waals surface area contributed by atoms with Crippen molar-refractivity contribution in [2.45, 2.75) is 19.8 Å². The zero-order valence-corrected chi connectivity index (χ0v) is 16.2. The molecule has 0 aliphatic carbocycles. The maximum Gasteiger partial charge on any atom is 0.336 e. The Morgan fingerprint density at radius 3 is 2.75 bits per heavy atom. The monoisotopic (exact) mass is 375 g/mol. The summed E-state index contributed by atoms with van der Waals surface area (Å²) in [5.41, 5.74) is 3.96. The molecule has 144 valence electrons. The lowest BCUT2D eigenvalue weighted by Gasteiger charge is -2.26. The molecule has 0 saturated carbocycles. The first-order valence-electron chi connectivity index (χ1n) is 9.83. The fraction of sp³-hybridized carbons (Fsp3) is 0.292. The van der Waals surface area contributed by atoms with Gasteiger partial charge in [0.15, 0.2) is 0 Å². The summed E-state index contributed by atoms with van der Waals surface area (Å²) in [4.78, 5) is 14.0. The summed E-state index contributed by atoms with van der Waals surface area (Å²) in [6.07, 6.45) is 4.39. The maximum absolute atomic E-state index is 11.5. The number of ether oxygens (including phenoxy) is 1. The normalized spacial score (nSPS) is 14.8. The molecule has 2 heterocycles. The molecule has 0 fully saturated rings. The van der Waals surface area contributed by atoms with Crippen molar-refractivity contribution in [3.63, 3.8) is 0 Å². The van der Waals surface area contributed by atoms with Crippen molar-refractivity contribution in [3.05, 3.63) is 82.2 Å². The Labute approximate surface area is 165 Å². The van der Waals surface area contributed by atoms with Crippen molar-refractivity contribution in [2.24, 2.45) is 0 Å². The molecule has 1 aromatic heterocycles. The molecule has 4 heteroatoms. The minimum Gasteiger partial charge on any atom is -0.493 e. The summed E-state index contributed by atoms with van der Waals surface area (Å²) < 4.78 is 11.2. The Kier molecular flexibility index (Phi) is 5.58. The largest absolute Gasteiger partial charge is 0.493 e. The third-order valence-corrected chi connectivity index (χ3v) is 5.25. The smallest absolute Gasteiger partial charge is 0.336 e. The first kappa shape index (κ1) is 18.5. The van der Waals surface area contributed by atoms with Gasteiger partial charge in [0.05, 0.1) is 6.61 Å². The maximum atomic E-state index is 11.5. The van der Waals surface area contributed by atoms with Gasteiger partial charge in [-0.05, 0) is 48.6 Å². The van der Waals surface area contributed by atoms with Crippen molar-refractivity contribution in [1.29, 1.82) is 0 Å². The molecule has 1 aliphatic rings. The number of hydrogen-bond donors (Lipinski definition) is 0. The second-order valence-electron chi connectivity index (χ2n) is 7.25. The van der Waals surface area contributed by atoms with Crippen LogP contribution in [0.1, 0.15) is 24.0 Å². The molecule has 28 heavy (non-hydrogen) atoms. The van der Waals surface area contributed by atoms with Gasteiger partial charge in [0.25, 0.3) is 0 Å². The SMILES string of the molecule is Cc1cc(=O)oc2cc(OCCCN3CC=C(c4ccccc4)CC3)ccc12. The van der Waals surface area contributed by atoms with Crippen molar-refractivity contribution >= 4 is 16.5 Å². The van der Waals surface area contributed by atoms with E-state index in [9.17, 15) is 4.79 Å². The highest BCUT2D eigenvalue weighted by Gasteiger charge is 2.12. The number of aryl methyl sites for hydroxylation is 1. The molecular formula is C24H25NO3. The lowest BCUT2D eigenvalue weighted by Crippen LogP contribution is -2.30. The molecule has 0 spiro atoms. The van der Waals surface area contributed by atoms with Crippen LogP contribution in [0.5, 0.6) is 5.75 Å². The van der Waals surface area contributed by atoms with E-state index in [2.05, 4.69) is 41.3 Å². The molecule has 0 bridgehead atoms. The topological polar surface area (TPSA) is 42.7 Å². The van der Waals surface area contributed by atoms with Gasteiger partial charge in [-0.2, -0.15) is 0 Å². The van der Waals surface area contributed by atoms with Gasteiger partial charge in [-0.3, -0.25) is 4.90 Å². The minimum atomic E-state index is -0.324. The van der Waals surface area contributed by atoms with Gasteiger partial charge < -0.3 is 9.15 Å². The molecule has 0 N–H and O–H groups in total. The first-order valence-corrected chi connectivity index (χ1v) is 9.83. The van der Waals surface area contributed by atoms with Gasteiger partial charge in [-0.25, -0.2) is 4.79 Å². The average Bonchev–Trinajstić information content (AvgIpc) is 2.72. The second-order valence-corrected chi connectivity index (χ2v) is 7.25. The van der Waals surface area contributed by atoms with Gasteiger partial charge >= 0.3 is 5.63 Å². The highest BCUT2D eigenvalue weighted by atomic mass is 16.5. The van der Waals surface area contributed by atoms with E-state index in [0.717, 1.165) is 49.2 Å². The number of nitrogens with zero attached hydrogens (tertiary/aromatic N) is 1. The van der Waals surface area contributed by atoms with Gasteiger partial charge in [0, 0.05) is 37.2 Å². The van der Waals surface area contributed by atoms with E-state index in [1.807, 2.05) is 19.1 Å². The van der Waals surface area contributed by atoms with Crippen LogP contribution in [0.2, 0.25) is 0 Å². The van der Waals surface area contributed by atoms with E-state index in [-0.39, 0.29) is 5.63 Å². The van der Waals surface area contributed by atoms with Crippen LogP contribution in [0.25, 0.3) is 16.5 Å². The van der Waals surface area contributed by atoms with E-state index in [1.165, 1.54) is 17.2 Å². The predicted octanol–water partition coefficient (Wildman–Crippen LogP) is 4.66. The van der Waals surface area contributed by atoms with E-state index in [1.54, 1.807) is 6.07 Å². The zero-order valence-electron chi connectivity index (χ0n) is 16.2. The van der Waals surface area contributed by atoms with Crippen LogP contribution < -0.4 is 10.4 Å². The zero-order chi connectivity index (χ0) is 19.3.